The first-order chi connectivity index (χ1) is 11.4. The van der Waals surface area contributed by atoms with E-state index in [2.05, 4.69) is 5.32 Å². The summed E-state index contributed by atoms with van der Waals surface area (Å²) in [5, 5.41) is 11.7. The Morgan fingerprint density at radius 3 is 2.54 bits per heavy atom. The van der Waals surface area contributed by atoms with Gasteiger partial charge in [0.2, 0.25) is 5.91 Å². The van der Waals surface area contributed by atoms with Crippen molar-refractivity contribution >= 4 is 18.0 Å². The lowest BCUT2D eigenvalue weighted by Gasteiger charge is -2.24. The number of likely N-dealkylation sites (tertiary alicyclic amines) is 1. The second-order valence-electron chi connectivity index (χ2n) is 5.89. The minimum atomic E-state index is -1.45. The van der Waals surface area contributed by atoms with Gasteiger partial charge >= 0.3 is 6.16 Å². The van der Waals surface area contributed by atoms with Crippen LogP contribution in [0.2, 0.25) is 0 Å². The van der Waals surface area contributed by atoms with Crippen molar-refractivity contribution < 1.29 is 24.2 Å². The molecule has 8 heteroatoms. The van der Waals surface area contributed by atoms with E-state index in [1.807, 2.05) is 6.07 Å². The lowest BCUT2D eigenvalue weighted by molar-refractivity contribution is -0.139. The molecule has 0 saturated carbocycles. The van der Waals surface area contributed by atoms with Crippen molar-refractivity contribution in [3.63, 3.8) is 0 Å². The molecule has 2 atom stereocenters. The Labute approximate surface area is 140 Å². The molecular formula is C16H21N3O5. The predicted molar refractivity (Wildman–Crippen MR) is 85.5 cm³/mol. The van der Waals surface area contributed by atoms with E-state index < -0.39 is 12.4 Å². The van der Waals surface area contributed by atoms with Gasteiger partial charge in [-0.2, -0.15) is 0 Å². The minimum Gasteiger partial charge on any atom is -0.450 e. The first kappa shape index (κ1) is 17.7. The van der Waals surface area contributed by atoms with Crippen molar-refractivity contribution in [1.29, 1.82) is 0 Å². The largest absolute Gasteiger partial charge is 0.507 e. The van der Waals surface area contributed by atoms with Gasteiger partial charge in [0.1, 0.15) is 0 Å². The third-order valence-electron chi connectivity index (χ3n) is 3.63. The second kappa shape index (κ2) is 7.78. The van der Waals surface area contributed by atoms with Crippen LogP contribution in [0.1, 0.15) is 16.8 Å². The molecule has 1 aromatic rings. The number of benzene rings is 1. The highest BCUT2D eigenvalue weighted by atomic mass is 16.7. The molecule has 0 aromatic heterocycles. The summed E-state index contributed by atoms with van der Waals surface area (Å²) < 4.78 is 4.80. The Morgan fingerprint density at radius 1 is 1.29 bits per heavy atom. The van der Waals surface area contributed by atoms with E-state index >= 15 is 0 Å². The number of carbonyl (C=O) groups is 3. The van der Waals surface area contributed by atoms with E-state index in [9.17, 15) is 14.4 Å². The smallest absolute Gasteiger partial charge is 0.450 e. The number of nitrogens with one attached hydrogen (secondary N) is 1. The Morgan fingerprint density at radius 2 is 1.96 bits per heavy atom. The van der Waals surface area contributed by atoms with Gasteiger partial charge in [0.15, 0.2) is 6.23 Å². The van der Waals surface area contributed by atoms with Crippen molar-refractivity contribution in [2.75, 3.05) is 27.2 Å². The van der Waals surface area contributed by atoms with Gasteiger partial charge in [0.05, 0.1) is 12.6 Å². The summed E-state index contributed by atoms with van der Waals surface area (Å²) >= 11 is 0. The molecule has 0 radical (unpaired) electrons. The Kier molecular flexibility index (Phi) is 5.75. The normalized spacial score (nSPS) is 20.0. The van der Waals surface area contributed by atoms with Crippen LogP contribution in [-0.2, 0) is 9.53 Å². The van der Waals surface area contributed by atoms with Crippen molar-refractivity contribution in [3.05, 3.63) is 35.9 Å². The van der Waals surface area contributed by atoms with Gasteiger partial charge in [0, 0.05) is 18.5 Å². The number of carbonyl (C=O) groups excluding carboxylic acids is 2. The van der Waals surface area contributed by atoms with E-state index in [1.165, 1.54) is 4.90 Å². The van der Waals surface area contributed by atoms with Gasteiger partial charge in [-0.25, -0.2) is 4.79 Å². The summed E-state index contributed by atoms with van der Waals surface area (Å²) in [5.41, 5.74) is 0.506. The average molecular weight is 335 g/mol. The number of rotatable bonds is 5. The molecule has 2 rings (SSSR count). The topological polar surface area (TPSA) is 99.2 Å². The number of carboxylic acid groups (broad SMARTS) is 1. The Hall–Kier alpha value is -2.61. The lowest BCUT2D eigenvalue weighted by atomic mass is 10.2. The molecule has 24 heavy (non-hydrogen) atoms. The molecule has 2 amide bonds. The molecular weight excluding hydrogens is 314 g/mol. The molecule has 1 aliphatic rings. The molecule has 0 spiro atoms. The summed E-state index contributed by atoms with van der Waals surface area (Å²) in [7, 11) is 3.49. The number of ether oxygens (including phenoxy) is 1. The van der Waals surface area contributed by atoms with Crippen LogP contribution in [0.4, 0.5) is 4.79 Å². The third kappa shape index (κ3) is 4.69. The molecule has 1 aliphatic heterocycles. The van der Waals surface area contributed by atoms with Crippen LogP contribution in [0.3, 0.4) is 0 Å². The van der Waals surface area contributed by atoms with Gasteiger partial charge in [-0.3, -0.25) is 9.59 Å². The maximum atomic E-state index is 12.2. The first-order valence-electron chi connectivity index (χ1n) is 7.56. The number of hydrogen-bond donors (Lipinski definition) is 2. The highest BCUT2D eigenvalue weighted by Crippen LogP contribution is 2.20. The zero-order chi connectivity index (χ0) is 17.7. The third-order valence-corrected chi connectivity index (χ3v) is 3.63. The fourth-order valence-corrected chi connectivity index (χ4v) is 2.61. The van der Waals surface area contributed by atoms with Crippen LogP contribution in [0.15, 0.2) is 30.3 Å². The van der Waals surface area contributed by atoms with Crippen molar-refractivity contribution in [2.45, 2.75) is 18.7 Å². The highest BCUT2D eigenvalue weighted by Gasteiger charge is 2.38. The fraction of sp³-hybridized carbons (Fsp3) is 0.438. The average Bonchev–Trinajstić information content (AvgIpc) is 2.89. The fourth-order valence-electron chi connectivity index (χ4n) is 2.61. The van der Waals surface area contributed by atoms with Crippen LogP contribution < -0.4 is 5.32 Å². The summed E-state index contributed by atoms with van der Waals surface area (Å²) in [5.74, 6) is -0.515. The second-order valence-corrected chi connectivity index (χ2v) is 5.89. The summed E-state index contributed by atoms with van der Waals surface area (Å²) in [6.07, 6.45) is -2.11. The number of amides is 2. The number of likely N-dealkylation sites (N-methyl/N-ethyl adjacent to an activating group) is 1. The standard InChI is InChI=1S/C16H21N3O5/c1-18(2)10-13(20)19-9-12(8-14(19)24-16(22)23)17-15(21)11-6-4-3-5-7-11/h3-7,12,14H,8-10H2,1-2H3,(H,17,21)(H,22,23). The van der Waals surface area contributed by atoms with Crippen molar-refractivity contribution in [1.82, 2.24) is 15.1 Å². The van der Waals surface area contributed by atoms with Crippen LogP contribution in [0.25, 0.3) is 0 Å². The maximum Gasteiger partial charge on any atom is 0.507 e. The SMILES string of the molecule is CN(C)CC(=O)N1CC(NC(=O)c2ccccc2)CC1OC(=O)O. The molecule has 1 saturated heterocycles. The first-order valence-corrected chi connectivity index (χ1v) is 7.56. The lowest BCUT2D eigenvalue weighted by Crippen LogP contribution is -2.43. The maximum absolute atomic E-state index is 12.2. The minimum absolute atomic E-state index is 0.138. The van der Waals surface area contributed by atoms with Crippen LogP contribution in [0.5, 0.6) is 0 Å². The van der Waals surface area contributed by atoms with Gasteiger partial charge in [-0.15, -0.1) is 0 Å². The molecule has 2 N–H and O–H groups in total. The molecule has 130 valence electrons. The molecule has 1 heterocycles. The molecule has 0 aliphatic carbocycles. The predicted octanol–water partition coefficient (Wildman–Crippen LogP) is 0.600. The van der Waals surface area contributed by atoms with E-state index in [-0.39, 0.29) is 37.4 Å². The summed E-state index contributed by atoms with van der Waals surface area (Å²) in [6, 6.07) is 8.33. The monoisotopic (exact) mass is 335 g/mol. The van der Waals surface area contributed by atoms with Crippen molar-refractivity contribution in [2.24, 2.45) is 0 Å². The van der Waals surface area contributed by atoms with Gasteiger partial charge in [0.25, 0.3) is 5.91 Å². The Bertz CT molecular complexity index is 605. The molecule has 1 aromatic carbocycles. The van der Waals surface area contributed by atoms with Gasteiger partial charge < -0.3 is 25.0 Å². The van der Waals surface area contributed by atoms with E-state index in [0.29, 0.717) is 5.56 Å². The molecule has 1 fully saturated rings. The van der Waals surface area contributed by atoms with Gasteiger partial charge in [-0.1, -0.05) is 18.2 Å². The van der Waals surface area contributed by atoms with Crippen LogP contribution in [0, 0.1) is 0 Å². The summed E-state index contributed by atoms with van der Waals surface area (Å²) in [6.45, 7) is 0.349. The number of hydrogen-bond acceptors (Lipinski definition) is 5. The van der Waals surface area contributed by atoms with E-state index in [4.69, 9.17) is 9.84 Å². The molecule has 2 unspecified atom stereocenters. The van der Waals surface area contributed by atoms with E-state index in [1.54, 1.807) is 43.3 Å². The quantitative estimate of drug-likeness (QED) is 0.765. The van der Waals surface area contributed by atoms with Gasteiger partial charge in [-0.05, 0) is 26.2 Å². The zero-order valence-corrected chi connectivity index (χ0v) is 13.6. The Balaban J connectivity index is 2.03. The van der Waals surface area contributed by atoms with Crippen LogP contribution in [-0.4, -0.2) is 72.3 Å². The number of nitrogens with zero attached hydrogens (tertiary/aromatic N) is 2. The molecule has 0 bridgehead atoms. The van der Waals surface area contributed by atoms with Crippen molar-refractivity contribution in [3.8, 4) is 0 Å². The van der Waals surface area contributed by atoms with Crippen LogP contribution >= 0.6 is 0 Å². The molecule has 8 nitrogen and oxygen atoms in total. The zero-order valence-electron chi connectivity index (χ0n) is 13.6. The summed E-state index contributed by atoms with van der Waals surface area (Å²) in [4.78, 5) is 38.3. The highest BCUT2D eigenvalue weighted by molar-refractivity contribution is 5.94. The van der Waals surface area contributed by atoms with E-state index in [0.717, 1.165) is 0 Å².